The van der Waals surface area contributed by atoms with Gasteiger partial charge in [-0.25, -0.2) is 28.0 Å². The van der Waals surface area contributed by atoms with E-state index in [0.29, 0.717) is 0 Å². The summed E-state index contributed by atoms with van der Waals surface area (Å²) < 4.78 is 29.1. The first-order valence-electron chi connectivity index (χ1n) is 6.66. The maximum absolute atomic E-state index is 14.5. The second-order valence-electron chi connectivity index (χ2n) is 4.92. The number of carbonyl (C=O) groups is 4. The Morgan fingerprint density at radius 2 is 0.885 bits per heavy atom. The standard InChI is InChI=1S/C16H8F2O8/c17-11-5(1-3-7(13(19)20)9(11)15(23)24)6-2-4-8(14(21)22)10(12(6)18)16(25)26/h1-4H,(H,19,20)(H,21,22)(H,23,24)(H,25,26). The molecule has 0 aliphatic carbocycles. The predicted molar refractivity (Wildman–Crippen MR) is 79.6 cm³/mol. The molecule has 0 radical (unpaired) electrons. The monoisotopic (exact) mass is 366 g/mol. The first kappa shape index (κ1) is 18.5. The van der Waals surface area contributed by atoms with E-state index < -0.39 is 68.9 Å². The molecule has 8 nitrogen and oxygen atoms in total. The van der Waals surface area contributed by atoms with Crippen LogP contribution < -0.4 is 0 Å². The third-order valence-electron chi connectivity index (χ3n) is 3.46. The summed E-state index contributed by atoms with van der Waals surface area (Å²) in [5, 5.41) is 35.9. The fourth-order valence-corrected chi connectivity index (χ4v) is 2.34. The van der Waals surface area contributed by atoms with Crippen LogP contribution in [-0.4, -0.2) is 44.3 Å². The Labute approximate surface area is 142 Å². The molecule has 0 unspecified atom stereocenters. The average Bonchev–Trinajstić information content (AvgIpc) is 2.53. The lowest BCUT2D eigenvalue weighted by Gasteiger charge is -2.12. The van der Waals surface area contributed by atoms with Gasteiger partial charge in [0.1, 0.15) is 22.8 Å². The van der Waals surface area contributed by atoms with Crippen LogP contribution in [0.15, 0.2) is 24.3 Å². The molecule has 2 rings (SSSR count). The van der Waals surface area contributed by atoms with Crippen LogP contribution in [0.2, 0.25) is 0 Å². The van der Waals surface area contributed by atoms with Crippen molar-refractivity contribution < 1.29 is 48.4 Å². The SMILES string of the molecule is O=C(O)c1ccc(-c2ccc(C(=O)O)c(C(=O)O)c2F)c(F)c1C(=O)O. The zero-order valence-electron chi connectivity index (χ0n) is 12.5. The molecule has 4 N–H and O–H groups in total. The molecule has 134 valence electrons. The number of rotatable bonds is 5. The smallest absolute Gasteiger partial charge is 0.339 e. The molecule has 10 heteroatoms. The van der Waals surface area contributed by atoms with Gasteiger partial charge < -0.3 is 20.4 Å². The number of hydrogen-bond donors (Lipinski definition) is 4. The minimum absolute atomic E-state index is 0.717. The van der Waals surface area contributed by atoms with Gasteiger partial charge in [-0.15, -0.1) is 0 Å². The largest absolute Gasteiger partial charge is 0.478 e. The molecule has 0 saturated carbocycles. The van der Waals surface area contributed by atoms with Gasteiger partial charge in [0.15, 0.2) is 0 Å². The van der Waals surface area contributed by atoms with Crippen molar-refractivity contribution in [2.24, 2.45) is 0 Å². The minimum atomic E-state index is -1.93. The highest BCUT2D eigenvalue weighted by atomic mass is 19.1. The van der Waals surface area contributed by atoms with Gasteiger partial charge in [-0.1, -0.05) is 12.1 Å². The molecule has 2 aromatic rings. The van der Waals surface area contributed by atoms with Crippen LogP contribution in [0.3, 0.4) is 0 Å². The van der Waals surface area contributed by atoms with Gasteiger partial charge in [-0.2, -0.15) is 0 Å². The van der Waals surface area contributed by atoms with Crippen LogP contribution in [0.4, 0.5) is 8.78 Å². The van der Waals surface area contributed by atoms with Crippen molar-refractivity contribution in [3.05, 3.63) is 58.2 Å². The summed E-state index contributed by atoms with van der Waals surface area (Å²) in [5.41, 5.74) is -5.73. The van der Waals surface area contributed by atoms with Gasteiger partial charge in [-0.3, -0.25) is 0 Å². The first-order chi connectivity index (χ1) is 12.1. The van der Waals surface area contributed by atoms with Crippen molar-refractivity contribution >= 4 is 23.9 Å². The van der Waals surface area contributed by atoms with E-state index >= 15 is 0 Å². The summed E-state index contributed by atoms with van der Waals surface area (Å²) in [5.74, 6) is -10.5. The predicted octanol–water partition coefficient (Wildman–Crippen LogP) is 2.42. The van der Waals surface area contributed by atoms with Gasteiger partial charge >= 0.3 is 23.9 Å². The highest BCUT2D eigenvalue weighted by molar-refractivity contribution is 6.05. The molecule has 0 aliphatic rings. The maximum Gasteiger partial charge on any atom is 0.339 e. The third-order valence-corrected chi connectivity index (χ3v) is 3.46. The molecule has 26 heavy (non-hydrogen) atoms. The van der Waals surface area contributed by atoms with Crippen LogP contribution in [0, 0.1) is 11.6 Å². The minimum Gasteiger partial charge on any atom is -0.478 e. The Balaban J connectivity index is 2.86. The Morgan fingerprint density at radius 3 is 1.12 bits per heavy atom. The van der Waals surface area contributed by atoms with Crippen LogP contribution in [-0.2, 0) is 0 Å². The van der Waals surface area contributed by atoms with Gasteiger partial charge in [0, 0.05) is 11.1 Å². The van der Waals surface area contributed by atoms with Crippen molar-refractivity contribution in [1.82, 2.24) is 0 Å². The fourth-order valence-electron chi connectivity index (χ4n) is 2.34. The lowest BCUT2D eigenvalue weighted by Crippen LogP contribution is -2.14. The lowest BCUT2D eigenvalue weighted by molar-refractivity contribution is 0.0646. The zero-order valence-corrected chi connectivity index (χ0v) is 12.5. The second kappa shape index (κ2) is 6.59. The Morgan fingerprint density at radius 1 is 0.577 bits per heavy atom. The van der Waals surface area contributed by atoms with E-state index in [0.717, 1.165) is 24.3 Å². The first-order valence-corrected chi connectivity index (χ1v) is 6.66. The summed E-state index contributed by atoms with van der Waals surface area (Å²) in [6.45, 7) is 0. The van der Waals surface area contributed by atoms with Crippen LogP contribution in [0.5, 0.6) is 0 Å². The molecule has 0 bridgehead atoms. The van der Waals surface area contributed by atoms with Gasteiger partial charge in [0.25, 0.3) is 0 Å². The summed E-state index contributed by atoms with van der Waals surface area (Å²) in [4.78, 5) is 44.3. The van der Waals surface area contributed by atoms with Crippen LogP contribution in [0.1, 0.15) is 41.4 Å². The quantitative estimate of drug-likeness (QED) is 0.630. The molecule has 0 amide bonds. The highest BCUT2D eigenvalue weighted by Gasteiger charge is 2.28. The summed E-state index contributed by atoms with van der Waals surface area (Å²) >= 11 is 0. The van der Waals surface area contributed by atoms with E-state index in [1.54, 1.807) is 0 Å². The summed E-state index contributed by atoms with van der Waals surface area (Å²) in [7, 11) is 0. The molecule has 0 heterocycles. The molecule has 0 fully saturated rings. The highest BCUT2D eigenvalue weighted by Crippen LogP contribution is 2.32. The van der Waals surface area contributed by atoms with E-state index in [1.165, 1.54) is 0 Å². The van der Waals surface area contributed by atoms with Crippen molar-refractivity contribution in [3.8, 4) is 11.1 Å². The summed E-state index contributed by atoms with van der Waals surface area (Å²) in [6.07, 6.45) is 0. The molecule has 0 atom stereocenters. The number of hydrogen-bond acceptors (Lipinski definition) is 4. The van der Waals surface area contributed by atoms with Crippen molar-refractivity contribution in [2.75, 3.05) is 0 Å². The van der Waals surface area contributed by atoms with Crippen molar-refractivity contribution in [1.29, 1.82) is 0 Å². The molecule has 2 aromatic carbocycles. The molecule has 0 aromatic heterocycles. The Bertz CT molecular complexity index is 901. The van der Waals surface area contributed by atoms with Gasteiger partial charge in [-0.05, 0) is 12.1 Å². The second-order valence-corrected chi connectivity index (χ2v) is 4.92. The zero-order chi connectivity index (χ0) is 19.8. The van der Waals surface area contributed by atoms with E-state index in [2.05, 4.69) is 0 Å². The maximum atomic E-state index is 14.5. The average molecular weight is 366 g/mol. The van der Waals surface area contributed by atoms with E-state index in [1.807, 2.05) is 0 Å². The van der Waals surface area contributed by atoms with E-state index in [-0.39, 0.29) is 0 Å². The van der Waals surface area contributed by atoms with Crippen molar-refractivity contribution in [2.45, 2.75) is 0 Å². The third kappa shape index (κ3) is 2.95. The lowest BCUT2D eigenvalue weighted by atomic mass is 9.94. The van der Waals surface area contributed by atoms with Gasteiger partial charge in [0.2, 0.25) is 0 Å². The number of benzene rings is 2. The number of carboxylic acid groups (broad SMARTS) is 4. The number of aromatic carboxylic acids is 4. The summed E-state index contributed by atoms with van der Waals surface area (Å²) in [6, 6.07) is 2.95. The topological polar surface area (TPSA) is 149 Å². The van der Waals surface area contributed by atoms with Crippen LogP contribution >= 0.6 is 0 Å². The molecular formula is C16H8F2O8. The molecule has 0 spiro atoms. The Kier molecular flexibility index (Phi) is 4.69. The van der Waals surface area contributed by atoms with Gasteiger partial charge in [0.05, 0.1) is 11.1 Å². The van der Waals surface area contributed by atoms with Crippen molar-refractivity contribution in [3.63, 3.8) is 0 Å². The Hall–Kier alpha value is -3.82. The number of halogens is 2. The fraction of sp³-hybridized carbons (Fsp3) is 0. The molecule has 0 saturated heterocycles. The van der Waals surface area contributed by atoms with E-state index in [9.17, 15) is 28.0 Å². The molecule has 0 aliphatic heterocycles. The number of carboxylic acids is 4. The van der Waals surface area contributed by atoms with Crippen LogP contribution in [0.25, 0.3) is 11.1 Å². The van der Waals surface area contributed by atoms with E-state index in [4.69, 9.17) is 20.4 Å². The normalized spacial score (nSPS) is 10.4. The molecular weight excluding hydrogens is 358 g/mol.